The molecule has 0 saturated carbocycles. The maximum atomic E-state index is 12.3. The molecule has 8 heteroatoms. The van der Waals surface area contributed by atoms with Crippen molar-refractivity contribution in [3.8, 4) is 0 Å². The first-order valence-electron chi connectivity index (χ1n) is 7.05. The second-order valence-electron chi connectivity index (χ2n) is 5.43. The number of likely N-dealkylation sites (N-methyl/N-ethyl adjacent to an activating group) is 1. The lowest BCUT2D eigenvalue weighted by molar-refractivity contribution is -0.134. The Labute approximate surface area is 136 Å². The molecule has 1 saturated heterocycles. The normalized spacial score (nSPS) is 18.2. The minimum atomic E-state index is -3.74. The fourth-order valence-electron chi connectivity index (χ4n) is 2.27. The van der Waals surface area contributed by atoms with Crippen molar-refractivity contribution < 1.29 is 13.2 Å². The number of sulfonamides is 1. The van der Waals surface area contributed by atoms with Gasteiger partial charge in [-0.25, -0.2) is 8.42 Å². The minimum Gasteiger partial charge on any atom is -0.339 e. The molecule has 0 spiro atoms. The molecule has 1 aliphatic heterocycles. The van der Waals surface area contributed by atoms with Crippen LogP contribution in [0.1, 0.15) is 6.92 Å². The summed E-state index contributed by atoms with van der Waals surface area (Å²) < 4.78 is 26.9. The zero-order valence-electron chi connectivity index (χ0n) is 12.6. The first-order valence-corrected chi connectivity index (χ1v) is 8.91. The molecule has 1 heterocycles. The summed E-state index contributed by atoms with van der Waals surface area (Å²) in [7, 11) is -1.74. The van der Waals surface area contributed by atoms with Crippen LogP contribution in [0.25, 0.3) is 0 Å². The Morgan fingerprint density at radius 2 is 1.73 bits per heavy atom. The van der Waals surface area contributed by atoms with Gasteiger partial charge in [0, 0.05) is 31.2 Å². The molecule has 2 rings (SSSR count). The molecule has 6 nitrogen and oxygen atoms in total. The highest BCUT2D eigenvalue weighted by Crippen LogP contribution is 2.14. The Bertz CT molecular complexity index is 625. The zero-order valence-corrected chi connectivity index (χ0v) is 14.2. The topological polar surface area (TPSA) is 69.7 Å². The molecule has 1 aromatic carbocycles. The fraction of sp³-hybridized carbons (Fsp3) is 0.500. The third kappa shape index (κ3) is 4.19. The van der Waals surface area contributed by atoms with Gasteiger partial charge in [0.25, 0.3) is 0 Å². The molecule has 1 aliphatic rings. The van der Waals surface area contributed by atoms with Gasteiger partial charge in [0.2, 0.25) is 15.9 Å². The number of hydrogen-bond acceptors (Lipinski definition) is 4. The highest BCUT2D eigenvalue weighted by Gasteiger charge is 2.27. The van der Waals surface area contributed by atoms with Crippen LogP contribution >= 0.6 is 11.6 Å². The van der Waals surface area contributed by atoms with E-state index in [0.29, 0.717) is 18.1 Å². The molecule has 1 fully saturated rings. The Balaban J connectivity index is 2.02. The molecule has 0 aromatic heterocycles. The van der Waals surface area contributed by atoms with E-state index in [1.54, 1.807) is 11.8 Å². The average Bonchev–Trinajstić information content (AvgIpc) is 2.47. The second-order valence-corrected chi connectivity index (χ2v) is 7.58. The van der Waals surface area contributed by atoms with Crippen molar-refractivity contribution in [1.82, 2.24) is 14.5 Å². The number of nitrogens with zero attached hydrogens (tertiary/aromatic N) is 2. The SMILES string of the molecule is C[C@@H](NS(=O)(=O)c1ccc(Cl)cc1)C(=O)N1CCN(C)CC1. The summed E-state index contributed by atoms with van der Waals surface area (Å²) in [6.07, 6.45) is 0. The van der Waals surface area contributed by atoms with Crippen LogP contribution in [0.5, 0.6) is 0 Å². The molecular formula is C14H20ClN3O3S. The van der Waals surface area contributed by atoms with Crippen LogP contribution in [-0.2, 0) is 14.8 Å². The third-order valence-corrected chi connectivity index (χ3v) is 5.45. The summed E-state index contributed by atoms with van der Waals surface area (Å²) in [6.45, 7) is 4.38. The van der Waals surface area contributed by atoms with E-state index in [4.69, 9.17) is 11.6 Å². The predicted molar refractivity (Wildman–Crippen MR) is 85.3 cm³/mol. The fourth-order valence-corrected chi connectivity index (χ4v) is 3.59. The van der Waals surface area contributed by atoms with Crippen LogP contribution in [-0.4, -0.2) is 63.4 Å². The summed E-state index contributed by atoms with van der Waals surface area (Å²) in [5.41, 5.74) is 0. The number of carbonyl (C=O) groups is 1. The lowest BCUT2D eigenvalue weighted by Gasteiger charge is -2.34. The van der Waals surface area contributed by atoms with E-state index in [1.807, 2.05) is 7.05 Å². The molecule has 1 atom stereocenters. The van der Waals surface area contributed by atoms with Gasteiger partial charge in [-0.05, 0) is 38.2 Å². The quantitative estimate of drug-likeness (QED) is 0.875. The number of halogens is 1. The van der Waals surface area contributed by atoms with Crippen molar-refractivity contribution in [2.24, 2.45) is 0 Å². The number of amides is 1. The molecule has 22 heavy (non-hydrogen) atoms. The summed E-state index contributed by atoms with van der Waals surface area (Å²) in [5, 5.41) is 0.459. The number of hydrogen-bond donors (Lipinski definition) is 1. The lowest BCUT2D eigenvalue weighted by Crippen LogP contribution is -2.53. The van der Waals surface area contributed by atoms with Crippen LogP contribution in [0.4, 0.5) is 0 Å². The third-order valence-electron chi connectivity index (χ3n) is 3.64. The maximum absolute atomic E-state index is 12.3. The summed E-state index contributed by atoms with van der Waals surface area (Å²) >= 11 is 5.75. The van der Waals surface area contributed by atoms with Crippen molar-refractivity contribution in [2.45, 2.75) is 17.9 Å². The van der Waals surface area contributed by atoms with Gasteiger partial charge in [0.1, 0.15) is 0 Å². The monoisotopic (exact) mass is 345 g/mol. The maximum Gasteiger partial charge on any atom is 0.241 e. The molecule has 0 bridgehead atoms. The highest BCUT2D eigenvalue weighted by atomic mass is 35.5. The van der Waals surface area contributed by atoms with E-state index in [0.717, 1.165) is 13.1 Å². The molecule has 1 aromatic rings. The minimum absolute atomic E-state index is 0.0925. The average molecular weight is 346 g/mol. The first kappa shape index (κ1) is 17.2. The van der Waals surface area contributed by atoms with Gasteiger partial charge >= 0.3 is 0 Å². The molecule has 1 N–H and O–H groups in total. The lowest BCUT2D eigenvalue weighted by atomic mass is 10.2. The molecule has 0 aliphatic carbocycles. The zero-order chi connectivity index (χ0) is 16.3. The predicted octanol–water partition coefficient (Wildman–Crippen LogP) is 0.781. The highest BCUT2D eigenvalue weighted by molar-refractivity contribution is 7.89. The smallest absolute Gasteiger partial charge is 0.241 e. The second kappa shape index (κ2) is 6.95. The Hall–Kier alpha value is -1.15. The Kier molecular flexibility index (Phi) is 5.44. The van der Waals surface area contributed by atoms with Crippen molar-refractivity contribution >= 4 is 27.5 Å². The van der Waals surface area contributed by atoms with Crippen molar-refractivity contribution in [3.05, 3.63) is 29.3 Å². The van der Waals surface area contributed by atoms with E-state index < -0.39 is 16.1 Å². The number of benzene rings is 1. The summed E-state index contributed by atoms with van der Waals surface area (Å²) in [4.78, 5) is 16.2. The molecule has 0 radical (unpaired) electrons. The van der Waals surface area contributed by atoms with E-state index in [2.05, 4.69) is 9.62 Å². The van der Waals surface area contributed by atoms with E-state index in [1.165, 1.54) is 24.3 Å². The van der Waals surface area contributed by atoms with Gasteiger partial charge in [0.05, 0.1) is 10.9 Å². The van der Waals surface area contributed by atoms with Crippen LogP contribution in [0, 0.1) is 0 Å². The molecular weight excluding hydrogens is 326 g/mol. The van der Waals surface area contributed by atoms with Crippen molar-refractivity contribution in [1.29, 1.82) is 0 Å². The van der Waals surface area contributed by atoms with Crippen LogP contribution in [0.3, 0.4) is 0 Å². The Morgan fingerprint density at radius 3 is 2.27 bits per heavy atom. The van der Waals surface area contributed by atoms with E-state index >= 15 is 0 Å². The van der Waals surface area contributed by atoms with Crippen LogP contribution in [0.15, 0.2) is 29.2 Å². The number of carbonyl (C=O) groups excluding carboxylic acids is 1. The molecule has 0 unspecified atom stereocenters. The van der Waals surface area contributed by atoms with Gasteiger partial charge in [-0.3, -0.25) is 4.79 Å². The van der Waals surface area contributed by atoms with Crippen molar-refractivity contribution in [2.75, 3.05) is 33.2 Å². The van der Waals surface area contributed by atoms with Gasteiger partial charge in [-0.15, -0.1) is 0 Å². The van der Waals surface area contributed by atoms with Gasteiger partial charge < -0.3 is 9.80 Å². The van der Waals surface area contributed by atoms with Crippen LogP contribution in [0.2, 0.25) is 5.02 Å². The number of nitrogens with one attached hydrogen (secondary N) is 1. The largest absolute Gasteiger partial charge is 0.339 e. The standard InChI is InChI=1S/C14H20ClN3O3S/c1-11(14(19)18-9-7-17(2)8-10-18)16-22(20,21)13-5-3-12(15)4-6-13/h3-6,11,16H,7-10H2,1-2H3/t11-/m1/s1. The molecule has 1 amide bonds. The van der Waals surface area contributed by atoms with E-state index in [9.17, 15) is 13.2 Å². The van der Waals surface area contributed by atoms with Crippen LogP contribution < -0.4 is 4.72 Å². The number of rotatable bonds is 4. The van der Waals surface area contributed by atoms with Gasteiger partial charge in [-0.1, -0.05) is 11.6 Å². The Morgan fingerprint density at radius 1 is 1.18 bits per heavy atom. The number of piperazine rings is 1. The first-order chi connectivity index (χ1) is 10.3. The molecule has 122 valence electrons. The van der Waals surface area contributed by atoms with Gasteiger partial charge in [-0.2, -0.15) is 4.72 Å². The summed E-state index contributed by atoms with van der Waals surface area (Å²) in [5.74, 6) is -0.203. The summed E-state index contributed by atoms with van der Waals surface area (Å²) in [6, 6.07) is 5.03. The van der Waals surface area contributed by atoms with Gasteiger partial charge in [0.15, 0.2) is 0 Å². The van der Waals surface area contributed by atoms with E-state index in [-0.39, 0.29) is 10.8 Å². The van der Waals surface area contributed by atoms with Crippen molar-refractivity contribution in [3.63, 3.8) is 0 Å².